The van der Waals surface area contributed by atoms with Crippen LogP contribution in [0.2, 0.25) is 0 Å². The van der Waals surface area contributed by atoms with Crippen molar-refractivity contribution in [2.45, 2.75) is 44.6 Å². The second-order valence-electron chi connectivity index (χ2n) is 7.29. The number of carbonyl (C=O) groups is 1. The molecule has 2 aliphatic heterocycles. The molecule has 0 aromatic heterocycles. The third kappa shape index (κ3) is 6.73. The fraction of sp³-hybridized carbons (Fsp3) is 0.650. The Morgan fingerprint density at radius 3 is 2.08 bits per heavy atom. The van der Waals surface area contributed by atoms with E-state index >= 15 is 0 Å². The SMILES string of the molecule is O=C(OCC[NH+]1CCCCC1)C(c1ccccc1)[NH+]1CCCCC1.[Cl-].[Cl-]. The molecule has 0 spiro atoms. The van der Waals surface area contributed by atoms with E-state index in [2.05, 4.69) is 12.1 Å². The van der Waals surface area contributed by atoms with E-state index in [1.54, 1.807) is 4.90 Å². The van der Waals surface area contributed by atoms with Gasteiger partial charge in [-0.25, -0.2) is 4.79 Å². The Morgan fingerprint density at radius 1 is 0.885 bits per heavy atom. The minimum Gasteiger partial charge on any atom is -1.00 e. The van der Waals surface area contributed by atoms with Gasteiger partial charge in [0.1, 0.15) is 13.2 Å². The van der Waals surface area contributed by atoms with Crippen LogP contribution in [-0.4, -0.2) is 45.3 Å². The first-order valence-corrected chi connectivity index (χ1v) is 9.74. The van der Waals surface area contributed by atoms with Crippen molar-refractivity contribution in [3.05, 3.63) is 35.9 Å². The third-order valence-corrected chi connectivity index (χ3v) is 5.53. The lowest BCUT2D eigenvalue weighted by atomic mass is 10.0. The summed E-state index contributed by atoms with van der Waals surface area (Å²) in [6.45, 7) is 6.14. The van der Waals surface area contributed by atoms with E-state index in [-0.39, 0.29) is 36.8 Å². The Kier molecular flexibility index (Phi) is 11.2. The van der Waals surface area contributed by atoms with Crippen LogP contribution in [0.15, 0.2) is 30.3 Å². The molecule has 4 nitrogen and oxygen atoms in total. The average Bonchev–Trinajstić information content (AvgIpc) is 2.65. The van der Waals surface area contributed by atoms with Gasteiger partial charge < -0.3 is 39.4 Å². The van der Waals surface area contributed by atoms with Crippen molar-refractivity contribution in [3.63, 3.8) is 0 Å². The van der Waals surface area contributed by atoms with E-state index < -0.39 is 0 Å². The fourth-order valence-electron chi connectivity index (χ4n) is 4.16. The van der Waals surface area contributed by atoms with Crippen LogP contribution in [0, 0.1) is 0 Å². The van der Waals surface area contributed by atoms with Crippen molar-refractivity contribution in [1.82, 2.24) is 0 Å². The smallest absolute Gasteiger partial charge is 0.370 e. The van der Waals surface area contributed by atoms with Crippen molar-refractivity contribution in [3.8, 4) is 0 Å². The highest BCUT2D eigenvalue weighted by atomic mass is 35.5. The molecule has 1 unspecified atom stereocenters. The molecule has 6 heteroatoms. The predicted octanol–water partition coefficient (Wildman–Crippen LogP) is -5.58. The van der Waals surface area contributed by atoms with Gasteiger partial charge in [-0.1, -0.05) is 30.3 Å². The quantitative estimate of drug-likeness (QED) is 0.465. The molecule has 2 aliphatic rings. The molecule has 1 atom stereocenters. The zero-order valence-corrected chi connectivity index (χ0v) is 17.0. The number of piperidine rings is 2. The number of benzene rings is 1. The Labute approximate surface area is 170 Å². The molecular weight excluding hydrogens is 371 g/mol. The van der Waals surface area contributed by atoms with Crippen LogP contribution < -0.4 is 34.6 Å². The molecule has 0 radical (unpaired) electrons. The molecule has 0 amide bonds. The van der Waals surface area contributed by atoms with Gasteiger partial charge in [0.25, 0.3) is 0 Å². The zero-order chi connectivity index (χ0) is 16.6. The summed E-state index contributed by atoms with van der Waals surface area (Å²) in [7, 11) is 0. The standard InChI is InChI=1S/C20H30N2O2.2ClH/c23-20(24-17-16-21-12-6-2-7-13-21)19(18-10-4-1-5-11-18)22-14-8-3-9-15-22;;/h1,4-5,10-11,19H,2-3,6-9,12-17H2;2*1H. The van der Waals surface area contributed by atoms with Gasteiger partial charge in [0.2, 0.25) is 6.04 Å². The number of carbonyl (C=O) groups excluding carboxylic acids is 1. The molecule has 2 heterocycles. The maximum absolute atomic E-state index is 12.8. The van der Waals surface area contributed by atoms with Crippen LogP contribution in [0.4, 0.5) is 0 Å². The Bertz CT molecular complexity index is 504. The lowest BCUT2D eigenvalue weighted by Crippen LogP contribution is -3.14. The van der Waals surface area contributed by atoms with Crippen molar-refractivity contribution in [1.29, 1.82) is 0 Å². The fourth-order valence-corrected chi connectivity index (χ4v) is 4.16. The summed E-state index contributed by atoms with van der Waals surface area (Å²) in [6.07, 6.45) is 7.70. The summed E-state index contributed by atoms with van der Waals surface area (Å²) in [5.74, 6) is -0.0329. The van der Waals surface area contributed by atoms with E-state index in [1.807, 2.05) is 18.2 Å². The molecule has 26 heavy (non-hydrogen) atoms. The molecule has 148 valence electrons. The molecule has 3 rings (SSSR count). The zero-order valence-electron chi connectivity index (χ0n) is 15.5. The summed E-state index contributed by atoms with van der Waals surface area (Å²) in [5.41, 5.74) is 1.10. The first-order valence-electron chi connectivity index (χ1n) is 9.74. The first-order chi connectivity index (χ1) is 11.8. The number of hydrogen-bond donors (Lipinski definition) is 2. The number of rotatable bonds is 6. The molecule has 0 saturated carbocycles. The highest BCUT2D eigenvalue weighted by Crippen LogP contribution is 2.13. The number of halogens is 2. The van der Waals surface area contributed by atoms with Gasteiger partial charge in [-0.05, 0) is 38.5 Å². The average molecular weight is 403 g/mol. The Hall–Kier alpha value is -0.810. The normalized spacial score (nSPS) is 19.7. The molecule has 2 N–H and O–H groups in total. The minimum absolute atomic E-state index is 0. The number of esters is 1. The summed E-state index contributed by atoms with van der Waals surface area (Å²) < 4.78 is 5.73. The van der Waals surface area contributed by atoms with Gasteiger partial charge in [0.15, 0.2) is 0 Å². The first kappa shape index (κ1) is 23.2. The van der Waals surface area contributed by atoms with E-state index in [9.17, 15) is 4.79 Å². The van der Waals surface area contributed by atoms with Crippen LogP contribution in [-0.2, 0) is 9.53 Å². The van der Waals surface area contributed by atoms with Crippen molar-refractivity contribution >= 4 is 5.97 Å². The molecule has 2 fully saturated rings. The maximum Gasteiger partial charge on any atom is 0.370 e. The Balaban J connectivity index is 0.00000169. The molecule has 1 aromatic rings. The summed E-state index contributed by atoms with van der Waals surface area (Å²) >= 11 is 0. The highest BCUT2D eigenvalue weighted by Gasteiger charge is 2.34. The molecule has 0 aliphatic carbocycles. The molecule has 0 bridgehead atoms. The highest BCUT2D eigenvalue weighted by molar-refractivity contribution is 5.76. The largest absolute Gasteiger partial charge is 1.00 e. The summed E-state index contributed by atoms with van der Waals surface area (Å²) in [4.78, 5) is 15.8. The van der Waals surface area contributed by atoms with Crippen molar-refractivity contribution in [2.75, 3.05) is 39.3 Å². The second-order valence-corrected chi connectivity index (χ2v) is 7.29. The number of hydrogen-bond acceptors (Lipinski definition) is 2. The molecule has 1 aromatic carbocycles. The van der Waals surface area contributed by atoms with E-state index in [0.717, 1.165) is 25.2 Å². The Morgan fingerprint density at radius 2 is 1.46 bits per heavy atom. The van der Waals surface area contributed by atoms with Gasteiger partial charge in [0, 0.05) is 5.56 Å². The summed E-state index contributed by atoms with van der Waals surface area (Å²) in [6, 6.07) is 10.1. The van der Waals surface area contributed by atoms with E-state index in [1.165, 1.54) is 56.5 Å². The van der Waals surface area contributed by atoms with Gasteiger partial charge in [-0.3, -0.25) is 0 Å². The maximum atomic E-state index is 12.8. The molecule has 2 saturated heterocycles. The van der Waals surface area contributed by atoms with Crippen LogP contribution in [0.5, 0.6) is 0 Å². The van der Waals surface area contributed by atoms with Crippen LogP contribution in [0.3, 0.4) is 0 Å². The van der Waals surface area contributed by atoms with Crippen molar-refractivity contribution < 1.29 is 44.1 Å². The monoisotopic (exact) mass is 402 g/mol. The van der Waals surface area contributed by atoms with Gasteiger partial charge in [-0.15, -0.1) is 0 Å². The number of quaternary nitrogens is 2. The second kappa shape index (κ2) is 12.6. The van der Waals surface area contributed by atoms with Crippen LogP contribution in [0.25, 0.3) is 0 Å². The molecular formula is C20H32Cl2N2O2. The summed E-state index contributed by atoms with van der Waals surface area (Å²) in [5, 5.41) is 0. The predicted molar refractivity (Wildman–Crippen MR) is 94.1 cm³/mol. The van der Waals surface area contributed by atoms with Gasteiger partial charge in [0.05, 0.1) is 26.2 Å². The number of nitrogens with one attached hydrogen (secondary N) is 2. The topological polar surface area (TPSA) is 35.2 Å². The minimum atomic E-state index is -0.150. The van der Waals surface area contributed by atoms with Gasteiger partial charge >= 0.3 is 5.97 Å². The van der Waals surface area contributed by atoms with Crippen molar-refractivity contribution in [2.24, 2.45) is 0 Å². The lowest BCUT2D eigenvalue weighted by Gasteiger charge is -2.30. The third-order valence-electron chi connectivity index (χ3n) is 5.53. The van der Waals surface area contributed by atoms with Crippen LogP contribution >= 0.6 is 0 Å². The number of likely N-dealkylation sites (tertiary alicyclic amines) is 2. The lowest BCUT2D eigenvalue weighted by molar-refractivity contribution is -0.927. The van der Waals surface area contributed by atoms with Crippen LogP contribution in [0.1, 0.15) is 50.1 Å². The van der Waals surface area contributed by atoms with E-state index in [0.29, 0.717) is 6.61 Å². The van der Waals surface area contributed by atoms with E-state index in [4.69, 9.17) is 4.74 Å². The number of ether oxygens (including phenoxy) is 1. The van der Waals surface area contributed by atoms with Gasteiger partial charge in [-0.2, -0.15) is 0 Å².